The number of pyridine rings is 2. The molecule has 0 atom stereocenters. The number of rotatable bonds is 4. The first-order valence-corrected chi connectivity index (χ1v) is 8.69. The van der Waals surface area contributed by atoms with Crippen LogP contribution in [0.3, 0.4) is 0 Å². The second-order valence-electron chi connectivity index (χ2n) is 5.10. The average Bonchev–Trinajstić information content (AvgIpc) is 2.53. The maximum atomic E-state index is 12.1. The first-order valence-electron chi connectivity index (χ1n) is 6.95. The Labute approximate surface area is 154 Å². The lowest BCUT2D eigenvalue weighted by Gasteiger charge is -2.10. The molecule has 2 rings (SSSR count). The molecule has 0 saturated carbocycles. The molecule has 1 amide bonds. The highest BCUT2D eigenvalue weighted by atomic mass is 35.5. The number of carbonyl (C=O) groups is 1. The predicted molar refractivity (Wildman–Crippen MR) is 96.8 cm³/mol. The Morgan fingerprint density at radius 3 is 2.75 bits per heavy atom. The summed E-state index contributed by atoms with van der Waals surface area (Å²) in [6.45, 7) is 5.44. The van der Waals surface area contributed by atoms with Crippen LogP contribution in [-0.4, -0.2) is 21.6 Å². The van der Waals surface area contributed by atoms with Gasteiger partial charge in [0, 0.05) is 11.9 Å². The number of aryl methyl sites for hydroxylation is 2. The van der Waals surface area contributed by atoms with Gasteiger partial charge in [0.2, 0.25) is 5.91 Å². The number of hydrogen-bond acceptors (Lipinski definition) is 5. The first kappa shape index (κ1) is 18.5. The van der Waals surface area contributed by atoms with Crippen LogP contribution in [0.15, 0.2) is 17.3 Å². The number of nitrogens with one attached hydrogen (secondary N) is 1. The third kappa shape index (κ3) is 4.18. The van der Waals surface area contributed by atoms with Crippen LogP contribution in [0.1, 0.15) is 22.4 Å². The van der Waals surface area contributed by atoms with E-state index >= 15 is 0 Å². The number of thioether (sulfide) groups is 1. The van der Waals surface area contributed by atoms with Crippen molar-refractivity contribution in [2.24, 2.45) is 0 Å². The zero-order valence-electron chi connectivity index (χ0n) is 13.3. The molecule has 124 valence electrons. The minimum absolute atomic E-state index is 0.0876. The van der Waals surface area contributed by atoms with Crippen LogP contribution in [-0.2, 0) is 4.79 Å². The third-order valence-electron chi connectivity index (χ3n) is 3.22. The predicted octanol–water partition coefficient (Wildman–Crippen LogP) is 4.31. The smallest absolute Gasteiger partial charge is 0.235 e. The quantitative estimate of drug-likeness (QED) is 0.799. The molecule has 2 aromatic heterocycles. The van der Waals surface area contributed by atoms with Gasteiger partial charge < -0.3 is 5.32 Å². The molecule has 0 aromatic carbocycles. The summed E-state index contributed by atoms with van der Waals surface area (Å²) in [7, 11) is 0. The Morgan fingerprint density at radius 1 is 1.38 bits per heavy atom. The second kappa shape index (κ2) is 7.84. The zero-order valence-corrected chi connectivity index (χ0v) is 15.6. The molecule has 0 radical (unpaired) electrons. The highest BCUT2D eigenvalue weighted by Gasteiger charge is 2.14. The lowest BCUT2D eigenvalue weighted by molar-refractivity contribution is -0.113. The van der Waals surface area contributed by atoms with Gasteiger partial charge >= 0.3 is 0 Å². The standard InChI is InChI=1S/C16H14Cl2N4OS/c1-8-4-9(2)21-16(11(8)5-19)24-7-13(23)22-15-14(18)10(3)12(17)6-20-15/h4,6H,7H2,1-3H3,(H,20,22,23). The van der Waals surface area contributed by atoms with E-state index in [1.807, 2.05) is 19.9 Å². The van der Waals surface area contributed by atoms with Gasteiger partial charge in [-0.2, -0.15) is 5.26 Å². The number of aromatic nitrogens is 2. The molecule has 0 bridgehead atoms. The van der Waals surface area contributed by atoms with Crippen molar-refractivity contribution >= 4 is 46.7 Å². The SMILES string of the molecule is Cc1cc(C)c(C#N)c(SCC(=O)Nc2ncc(Cl)c(C)c2Cl)n1. The molecule has 2 heterocycles. The van der Waals surface area contributed by atoms with Crippen LogP contribution in [0.2, 0.25) is 10.0 Å². The van der Waals surface area contributed by atoms with Crippen LogP contribution >= 0.6 is 35.0 Å². The Bertz CT molecular complexity index is 849. The van der Waals surface area contributed by atoms with Gasteiger partial charge in [0.05, 0.1) is 21.4 Å². The molecule has 0 saturated heterocycles. The fourth-order valence-electron chi connectivity index (χ4n) is 1.99. The maximum absolute atomic E-state index is 12.1. The van der Waals surface area contributed by atoms with Crippen molar-refractivity contribution in [2.45, 2.75) is 25.8 Å². The average molecular weight is 381 g/mol. The van der Waals surface area contributed by atoms with E-state index in [0.717, 1.165) is 11.3 Å². The van der Waals surface area contributed by atoms with E-state index in [4.69, 9.17) is 23.2 Å². The van der Waals surface area contributed by atoms with Crippen molar-refractivity contribution in [3.05, 3.63) is 44.7 Å². The molecule has 2 aromatic rings. The molecule has 0 fully saturated rings. The van der Waals surface area contributed by atoms with E-state index < -0.39 is 0 Å². The van der Waals surface area contributed by atoms with Gasteiger partial charge in [-0.25, -0.2) is 9.97 Å². The fraction of sp³-hybridized carbons (Fsp3) is 0.250. The highest BCUT2D eigenvalue weighted by molar-refractivity contribution is 8.00. The van der Waals surface area contributed by atoms with Crippen LogP contribution in [0, 0.1) is 32.1 Å². The normalized spacial score (nSPS) is 10.3. The minimum atomic E-state index is -0.291. The summed E-state index contributed by atoms with van der Waals surface area (Å²) < 4.78 is 0. The van der Waals surface area contributed by atoms with Crippen molar-refractivity contribution in [1.82, 2.24) is 9.97 Å². The van der Waals surface area contributed by atoms with E-state index in [1.54, 1.807) is 6.92 Å². The number of carbonyl (C=O) groups excluding carboxylic acids is 1. The van der Waals surface area contributed by atoms with E-state index in [1.165, 1.54) is 18.0 Å². The molecular formula is C16H14Cl2N4OS. The summed E-state index contributed by atoms with van der Waals surface area (Å²) in [6.07, 6.45) is 1.44. The van der Waals surface area contributed by atoms with Gasteiger partial charge in [0.1, 0.15) is 11.1 Å². The van der Waals surface area contributed by atoms with E-state index in [2.05, 4.69) is 21.4 Å². The lowest BCUT2D eigenvalue weighted by atomic mass is 10.1. The van der Waals surface area contributed by atoms with Crippen LogP contribution < -0.4 is 5.32 Å². The number of nitriles is 1. The van der Waals surface area contributed by atoms with Gasteiger partial charge in [-0.1, -0.05) is 35.0 Å². The summed E-state index contributed by atoms with van der Waals surface area (Å²) in [5.74, 6) is 0.0589. The first-order chi connectivity index (χ1) is 11.3. The van der Waals surface area contributed by atoms with Crippen molar-refractivity contribution in [3.63, 3.8) is 0 Å². The maximum Gasteiger partial charge on any atom is 0.235 e. The number of hydrogen-bond donors (Lipinski definition) is 1. The lowest BCUT2D eigenvalue weighted by Crippen LogP contribution is -2.16. The van der Waals surface area contributed by atoms with Crippen molar-refractivity contribution < 1.29 is 4.79 Å². The van der Waals surface area contributed by atoms with E-state index in [0.29, 0.717) is 26.2 Å². The second-order valence-corrected chi connectivity index (χ2v) is 6.85. The van der Waals surface area contributed by atoms with E-state index in [9.17, 15) is 10.1 Å². The number of nitrogens with zero attached hydrogens (tertiary/aromatic N) is 3. The molecule has 8 heteroatoms. The fourth-order valence-corrected chi connectivity index (χ4v) is 3.28. The molecule has 0 spiro atoms. The molecular weight excluding hydrogens is 367 g/mol. The van der Waals surface area contributed by atoms with Gasteiger partial charge in [-0.05, 0) is 38.0 Å². The van der Waals surface area contributed by atoms with Gasteiger partial charge in [0.15, 0.2) is 5.82 Å². The summed E-state index contributed by atoms with van der Waals surface area (Å²) in [4.78, 5) is 20.5. The zero-order chi connectivity index (χ0) is 17.9. The van der Waals surface area contributed by atoms with Gasteiger partial charge in [-0.3, -0.25) is 4.79 Å². The summed E-state index contributed by atoms with van der Waals surface area (Å²) >= 11 is 13.2. The summed E-state index contributed by atoms with van der Waals surface area (Å²) in [5, 5.41) is 13.2. The molecule has 1 N–H and O–H groups in total. The van der Waals surface area contributed by atoms with Crippen LogP contribution in [0.5, 0.6) is 0 Å². The summed E-state index contributed by atoms with van der Waals surface area (Å²) in [6, 6.07) is 3.96. The topological polar surface area (TPSA) is 78.7 Å². The largest absolute Gasteiger partial charge is 0.309 e. The van der Waals surface area contributed by atoms with Crippen molar-refractivity contribution in [1.29, 1.82) is 5.26 Å². The molecule has 24 heavy (non-hydrogen) atoms. The molecule has 0 aliphatic heterocycles. The number of anilines is 1. The van der Waals surface area contributed by atoms with Gasteiger partial charge in [0.25, 0.3) is 0 Å². The number of amides is 1. The molecule has 0 aliphatic carbocycles. The van der Waals surface area contributed by atoms with Crippen LogP contribution in [0.25, 0.3) is 0 Å². The van der Waals surface area contributed by atoms with Crippen molar-refractivity contribution in [2.75, 3.05) is 11.1 Å². The van der Waals surface area contributed by atoms with Crippen LogP contribution in [0.4, 0.5) is 5.82 Å². The van der Waals surface area contributed by atoms with E-state index in [-0.39, 0.29) is 17.5 Å². The Kier molecular flexibility index (Phi) is 6.05. The molecule has 0 aliphatic rings. The van der Waals surface area contributed by atoms with Gasteiger partial charge in [-0.15, -0.1) is 0 Å². The Morgan fingerprint density at radius 2 is 2.08 bits per heavy atom. The van der Waals surface area contributed by atoms with Crippen molar-refractivity contribution in [3.8, 4) is 6.07 Å². The minimum Gasteiger partial charge on any atom is -0.309 e. The monoisotopic (exact) mass is 380 g/mol. The Balaban J connectivity index is 2.10. The third-order valence-corrected chi connectivity index (χ3v) is 5.04. The highest BCUT2D eigenvalue weighted by Crippen LogP contribution is 2.29. The molecule has 0 unspecified atom stereocenters. The number of halogens is 2. The summed E-state index contributed by atoms with van der Waals surface area (Å²) in [5.41, 5.74) is 2.77. The molecule has 5 nitrogen and oxygen atoms in total. The Hall–Kier alpha value is -1.81.